The van der Waals surface area contributed by atoms with Crippen molar-refractivity contribution < 1.29 is 8.42 Å². The molecule has 0 N–H and O–H groups in total. The average Bonchev–Trinajstić information content (AvgIpc) is 2.37. The van der Waals surface area contributed by atoms with Crippen molar-refractivity contribution in [3.8, 4) is 0 Å². The van der Waals surface area contributed by atoms with Crippen molar-refractivity contribution in [2.75, 3.05) is 13.1 Å². The zero-order valence-electron chi connectivity index (χ0n) is 11.3. The standard InChI is InChI=1S/C14H19Cl2NO2S/c15-11-12-6-7-13(10-14(12)16)20(18,19)17-8-4-2-1-3-5-9-17/h6-7,10H,1-5,8-9,11H2. The van der Waals surface area contributed by atoms with Crippen LogP contribution in [0.2, 0.25) is 5.02 Å². The molecule has 0 atom stereocenters. The Morgan fingerprint density at radius 2 is 1.65 bits per heavy atom. The van der Waals surface area contributed by atoms with E-state index >= 15 is 0 Å². The van der Waals surface area contributed by atoms with Gasteiger partial charge in [-0.1, -0.05) is 36.9 Å². The predicted molar refractivity (Wildman–Crippen MR) is 82.9 cm³/mol. The monoisotopic (exact) mass is 335 g/mol. The summed E-state index contributed by atoms with van der Waals surface area (Å²) in [5, 5.41) is 0.410. The van der Waals surface area contributed by atoms with Crippen molar-refractivity contribution in [2.24, 2.45) is 0 Å². The summed E-state index contributed by atoms with van der Waals surface area (Å²) < 4.78 is 26.9. The molecule has 0 saturated carbocycles. The van der Waals surface area contributed by atoms with E-state index in [0.29, 0.717) is 18.1 Å². The lowest BCUT2D eigenvalue weighted by atomic mass is 10.1. The molecule has 1 aromatic carbocycles. The van der Waals surface area contributed by atoms with Gasteiger partial charge in [0.15, 0.2) is 0 Å². The summed E-state index contributed by atoms with van der Waals surface area (Å²) in [6, 6.07) is 4.79. The number of nitrogens with zero attached hydrogens (tertiary/aromatic N) is 1. The molecule has 0 bridgehead atoms. The number of hydrogen-bond donors (Lipinski definition) is 0. The summed E-state index contributed by atoms with van der Waals surface area (Å²) in [5.41, 5.74) is 0.750. The van der Waals surface area contributed by atoms with E-state index in [0.717, 1.165) is 31.2 Å². The topological polar surface area (TPSA) is 37.4 Å². The van der Waals surface area contributed by atoms with Crippen LogP contribution >= 0.6 is 23.2 Å². The molecule has 20 heavy (non-hydrogen) atoms. The van der Waals surface area contributed by atoms with E-state index < -0.39 is 10.0 Å². The van der Waals surface area contributed by atoms with Gasteiger partial charge in [0, 0.05) is 24.0 Å². The lowest BCUT2D eigenvalue weighted by Crippen LogP contribution is -2.33. The molecule has 1 aliphatic rings. The van der Waals surface area contributed by atoms with Crippen LogP contribution in [-0.2, 0) is 15.9 Å². The van der Waals surface area contributed by atoms with E-state index in [4.69, 9.17) is 23.2 Å². The molecule has 1 aliphatic heterocycles. The molecule has 0 aromatic heterocycles. The molecule has 6 heteroatoms. The normalized spacial score (nSPS) is 18.5. The fourth-order valence-electron chi connectivity index (χ4n) is 2.40. The first-order chi connectivity index (χ1) is 9.55. The molecule has 1 fully saturated rings. The smallest absolute Gasteiger partial charge is 0.207 e. The van der Waals surface area contributed by atoms with Crippen molar-refractivity contribution >= 4 is 33.2 Å². The number of rotatable bonds is 3. The maximum absolute atomic E-state index is 12.6. The molecule has 0 radical (unpaired) electrons. The Balaban J connectivity index is 2.26. The second-order valence-corrected chi connectivity index (χ2v) is 7.67. The van der Waals surface area contributed by atoms with Crippen molar-refractivity contribution in [1.29, 1.82) is 0 Å². The maximum Gasteiger partial charge on any atom is 0.243 e. The first-order valence-corrected chi connectivity index (χ1v) is 9.25. The zero-order chi connectivity index (χ0) is 14.6. The van der Waals surface area contributed by atoms with Gasteiger partial charge < -0.3 is 0 Å². The fraction of sp³-hybridized carbons (Fsp3) is 0.571. The number of hydrogen-bond acceptors (Lipinski definition) is 2. The Bertz CT molecular complexity index is 552. The van der Waals surface area contributed by atoms with Gasteiger partial charge in [-0.15, -0.1) is 11.6 Å². The van der Waals surface area contributed by atoms with Gasteiger partial charge in [0.05, 0.1) is 4.90 Å². The first-order valence-electron chi connectivity index (χ1n) is 6.90. The Morgan fingerprint density at radius 1 is 1.05 bits per heavy atom. The minimum atomic E-state index is -3.44. The van der Waals surface area contributed by atoms with Gasteiger partial charge in [-0.05, 0) is 30.5 Å². The molecule has 2 rings (SSSR count). The van der Waals surface area contributed by atoms with Gasteiger partial charge in [-0.2, -0.15) is 4.31 Å². The van der Waals surface area contributed by atoms with Crippen molar-refractivity contribution in [3.05, 3.63) is 28.8 Å². The second-order valence-electron chi connectivity index (χ2n) is 5.06. The van der Waals surface area contributed by atoms with Crippen LogP contribution in [0.15, 0.2) is 23.1 Å². The summed E-state index contributed by atoms with van der Waals surface area (Å²) in [5.74, 6) is 0.281. The molecule has 3 nitrogen and oxygen atoms in total. The van der Waals surface area contributed by atoms with Gasteiger partial charge in [-0.3, -0.25) is 0 Å². The van der Waals surface area contributed by atoms with E-state index in [1.165, 1.54) is 12.5 Å². The first kappa shape index (κ1) is 16.1. The molecule has 1 aromatic rings. The Hall–Kier alpha value is -0.290. The van der Waals surface area contributed by atoms with Crippen LogP contribution in [0.4, 0.5) is 0 Å². The Morgan fingerprint density at radius 3 is 2.20 bits per heavy atom. The van der Waals surface area contributed by atoms with Crippen LogP contribution in [0.25, 0.3) is 0 Å². The highest BCUT2D eigenvalue weighted by molar-refractivity contribution is 7.89. The third-order valence-corrected chi connectivity index (χ3v) is 6.16. The molecule has 1 saturated heterocycles. The summed E-state index contributed by atoms with van der Waals surface area (Å²) in [4.78, 5) is 0.261. The average molecular weight is 336 g/mol. The summed E-state index contributed by atoms with van der Waals surface area (Å²) in [6.45, 7) is 1.19. The van der Waals surface area contributed by atoms with Gasteiger partial charge >= 0.3 is 0 Å². The van der Waals surface area contributed by atoms with Crippen molar-refractivity contribution in [2.45, 2.75) is 42.9 Å². The maximum atomic E-state index is 12.6. The van der Waals surface area contributed by atoms with Crippen LogP contribution < -0.4 is 0 Å². The Labute approximate surface area is 130 Å². The highest BCUT2D eigenvalue weighted by atomic mass is 35.5. The quantitative estimate of drug-likeness (QED) is 0.782. The molecular formula is C14H19Cl2NO2S. The Kier molecular flexibility index (Phi) is 5.73. The molecule has 112 valence electrons. The van der Waals surface area contributed by atoms with Crippen molar-refractivity contribution in [1.82, 2.24) is 4.31 Å². The molecule has 0 aliphatic carbocycles. The van der Waals surface area contributed by atoms with Gasteiger partial charge in [-0.25, -0.2) is 8.42 Å². The lowest BCUT2D eigenvalue weighted by molar-refractivity contribution is 0.364. The number of halogens is 2. The van der Waals surface area contributed by atoms with Gasteiger partial charge in [0.2, 0.25) is 10.0 Å². The lowest BCUT2D eigenvalue weighted by Gasteiger charge is -2.24. The summed E-state index contributed by atoms with van der Waals surface area (Å²) in [7, 11) is -3.44. The van der Waals surface area contributed by atoms with Gasteiger partial charge in [0.1, 0.15) is 0 Å². The minimum absolute atomic E-state index is 0.261. The van der Waals surface area contributed by atoms with E-state index in [1.54, 1.807) is 16.4 Å². The molecule has 0 unspecified atom stereocenters. The predicted octanol–water partition coefficient (Wildman–Crippen LogP) is 4.03. The SMILES string of the molecule is O=S(=O)(c1ccc(CCl)c(Cl)c1)N1CCCCCCC1. The molecule has 0 spiro atoms. The highest BCUT2D eigenvalue weighted by Crippen LogP contribution is 2.25. The van der Waals surface area contributed by atoms with Crippen LogP contribution in [0.5, 0.6) is 0 Å². The van der Waals surface area contributed by atoms with E-state index in [1.807, 2.05) is 0 Å². The van der Waals surface area contributed by atoms with Crippen LogP contribution in [0, 0.1) is 0 Å². The van der Waals surface area contributed by atoms with Crippen LogP contribution in [0.1, 0.15) is 37.7 Å². The van der Waals surface area contributed by atoms with Crippen LogP contribution in [0.3, 0.4) is 0 Å². The fourth-order valence-corrected chi connectivity index (χ4v) is 4.56. The molecular weight excluding hydrogens is 317 g/mol. The zero-order valence-corrected chi connectivity index (χ0v) is 13.6. The third-order valence-electron chi connectivity index (χ3n) is 3.62. The van der Waals surface area contributed by atoms with E-state index in [9.17, 15) is 8.42 Å². The second kappa shape index (κ2) is 7.12. The number of sulfonamides is 1. The van der Waals surface area contributed by atoms with Crippen LogP contribution in [-0.4, -0.2) is 25.8 Å². The minimum Gasteiger partial charge on any atom is -0.207 e. The largest absolute Gasteiger partial charge is 0.243 e. The van der Waals surface area contributed by atoms with Crippen molar-refractivity contribution in [3.63, 3.8) is 0 Å². The summed E-state index contributed by atoms with van der Waals surface area (Å²) in [6.07, 6.45) is 5.24. The van der Waals surface area contributed by atoms with Gasteiger partial charge in [0.25, 0.3) is 0 Å². The number of benzene rings is 1. The van der Waals surface area contributed by atoms with E-state index in [2.05, 4.69) is 0 Å². The third kappa shape index (κ3) is 3.67. The summed E-state index contributed by atoms with van der Waals surface area (Å²) >= 11 is 11.8. The number of alkyl halides is 1. The molecule has 1 heterocycles. The van der Waals surface area contributed by atoms with E-state index in [-0.39, 0.29) is 10.8 Å². The highest BCUT2D eigenvalue weighted by Gasteiger charge is 2.25. The molecule has 0 amide bonds.